The van der Waals surface area contributed by atoms with Crippen molar-refractivity contribution in [1.82, 2.24) is 43.7 Å². The van der Waals surface area contributed by atoms with Crippen LogP contribution in [0.4, 0.5) is 11.6 Å². The van der Waals surface area contributed by atoms with Crippen LogP contribution >= 0.6 is 32.0 Å². The second kappa shape index (κ2) is 41.5. The van der Waals surface area contributed by atoms with Crippen LogP contribution in [0.3, 0.4) is 0 Å². The number of aliphatic hydroxyl groups excluding tert-OH is 1. The van der Waals surface area contributed by atoms with Crippen LogP contribution in [0, 0.1) is 6.57 Å². The van der Waals surface area contributed by atoms with E-state index in [2.05, 4.69) is 147 Å². The van der Waals surface area contributed by atoms with Crippen molar-refractivity contribution >= 4 is 106 Å². The van der Waals surface area contributed by atoms with Gasteiger partial charge in [-0.1, -0.05) is 170 Å². The fraction of sp³-hybridized carbons (Fsp3) is 0.530. The Bertz CT molecular complexity index is 4190. The molecule has 9 atom stereocenters. The predicted molar refractivity (Wildman–Crippen MR) is 451 cm³/mol. The molecule has 3 fully saturated rings. The number of imide groups is 2. The molecule has 3 unspecified atom stereocenters. The minimum absolute atomic E-state index is 0.0645. The van der Waals surface area contributed by atoms with Gasteiger partial charge >= 0.3 is 0 Å². The van der Waals surface area contributed by atoms with Crippen molar-refractivity contribution in [2.75, 3.05) is 48.0 Å². The minimum Gasteiger partial charge on any atom is -0.407 e. The summed E-state index contributed by atoms with van der Waals surface area (Å²) in [6, 6.07) is 34.7. The maximum absolute atomic E-state index is 14.3. The highest BCUT2D eigenvalue weighted by atomic mass is 32.2. The van der Waals surface area contributed by atoms with Crippen molar-refractivity contribution in [1.29, 1.82) is 0 Å². The monoisotopic (exact) mass is 1620 g/mol. The average molecular weight is 1620 g/mol. The number of fused-ring (bicyclic) bond motifs is 2. The lowest BCUT2D eigenvalue weighted by Crippen LogP contribution is -2.48. The van der Waals surface area contributed by atoms with Crippen LogP contribution in [-0.2, 0) is 32.1 Å². The number of nitrogens with zero attached hydrogens (tertiary/aromatic N) is 12. The minimum atomic E-state index is -2.25. The van der Waals surface area contributed by atoms with Gasteiger partial charge in [0, 0.05) is 47.6 Å². The van der Waals surface area contributed by atoms with Gasteiger partial charge in [-0.05, 0) is 135 Å². The molecular formula is C83H115N12O12PS2Si2. The third kappa shape index (κ3) is 20.1. The van der Waals surface area contributed by atoms with Crippen molar-refractivity contribution in [2.24, 2.45) is 0 Å². The van der Waals surface area contributed by atoms with Gasteiger partial charge in [-0.3, -0.25) is 28.3 Å². The van der Waals surface area contributed by atoms with Crippen LogP contribution in [0.15, 0.2) is 147 Å². The summed E-state index contributed by atoms with van der Waals surface area (Å²) >= 11 is 3.21. The fourth-order valence-corrected chi connectivity index (χ4v) is 32.0. The Morgan fingerprint density at radius 2 is 0.893 bits per heavy atom. The first-order chi connectivity index (χ1) is 53.7. The van der Waals surface area contributed by atoms with E-state index in [1.54, 1.807) is 150 Å². The molecule has 11 rings (SSSR count). The molecule has 4 amide bonds. The lowest BCUT2D eigenvalue weighted by molar-refractivity contribution is -0.0180. The number of hydrogen-bond acceptors (Lipinski definition) is 21. The van der Waals surface area contributed by atoms with E-state index in [0.29, 0.717) is 91.5 Å². The summed E-state index contributed by atoms with van der Waals surface area (Å²) in [7, 11) is -5.98. The van der Waals surface area contributed by atoms with Crippen LogP contribution in [0.1, 0.15) is 204 Å². The number of aromatic nitrogens is 8. The molecule has 0 spiro atoms. The SMILES string of the molecule is C1CCOC1.CC[C@H]1O[C@@H](n2cnc3c(N(C(=O)c4ccccc4)C(=O)c4ccccc4)ncnc32)C(SCO[Si](C(C)C)(C(C)C)C(C)C)[C@H]1O.[C-]#[N+]CCOP(O[C@@H]1C(SCO[Si](C(C)C)(C(C)C)C(C)C)[C@H](n2cnc3c(N(C(=O)c4ccccc4)C(=O)c4ccccc4)ncnc32)O[C@@H]1CC)N(C(C)C)C(C)C. The van der Waals surface area contributed by atoms with Gasteiger partial charge in [0.2, 0.25) is 23.2 Å². The zero-order chi connectivity index (χ0) is 81.1. The van der Waals surface area contributed by atoms with E-state index >= 15 is 0 Å². The van der Waals surface area contributed by atoms with Gasteiger partial charge in [0.25, 0.3) is 32.2 Å². The number of amides is 4. The van der Waals surface area contributed by atoms with Gasteiger partial charge in [-0.15, -0.1) is 23.5 Å². The molecule has 7 heterocycles. The fourth-order valence-electron chi connectivity index (χ4n) is 16.1. The second-order valence-corrected chi connectivity index (χ2v) is 45.2. The van der Waals surface area contributed by atoms with Crippen LogP contribution in [0.2, 0.25) is 33.2 Å². The highest BCUT2D eigenvalue weighted by Crippen LogP contribution is 2.54. The van der Waals surface area contributed by atoms with Gasteiger partial charge in [0.1, 0.15) is 25.4 Å². The number of imidazole rings is 2. The number of thioether (sulfide) groups is 2. The Kier molecular flexibility index (Phi) is 32.9. The van der Waals surface area contributed by atoms with Gasteiger partial charge in [0.05, 0.1) is 53.3 Å². The summed E-state index contributed by atoms with van der Waals surface area (Å²) in [5.41, 5.74) is 5.11. The van der Waals surface area contributed by atoms with Crippen LogP contribution in [0.5, 0.6) is 0 Å². The first-order valence-corrected chi connectivity index (χ1v) is 46.8. The molecule has 3 aliphatic heterocycles. The van der Waals surface area contributed by atoms with E-state index in [4.69, 9.17) is 48.7 Å². The van der Waals surface area contributed by atoms with Gasteiger partial charge in [-0.25, -0.2) is 50.9 Å². The van der Waals surface area contributed by atoms with Crippen LogP contribution < -0.4 is 9.80 Å². The Balaban J connectivity index is 0.000000247. The average Bonchev–Trinajstić information content (AvgIpc) is 1.55. The first-order valence-electron chi connectivity index (χ1n) is 39.3. The smallest absolute Gasteiger partial charge is 0.266 e. The molecule has 1 N–H and O–H groups in total. The van der Waals surface area contributed by atoms with Crippen molar-refractivity contribution < 1.29 is 56.4 Å². The highest BCUT2D eigenvalue weighted by Gasteiger charge is 2.52. The van der Waals surface area contributed by atoms with Crippen LogP contribution in [0.25, 0.3) is 27.2 Å². The third-order valence-corrected chi connectivity index (χ3v) is 38.1. The number of carbonyl (C=O) groups is 4. The molecule has 0 bridgehead atoms. The molecule has 3 saturated heterocycles. The van der Waals surface area contributed by atoms with E-state index < -0.39 is 79.6 Å². The third-order valence-electron chi connectivity index (χ3n) is 21.2. The Morgan fingerprint density at radius 1 is 0.536 bits per heavy atom. The summed E-state index contributed by atoms with van der Waals surface area (Å²) in [5, 5.41) is 10.7. The number of rotatable bonds is 32. The molecule has 0 radical (unpaired) electrons. The highest BCUT2D eigenvalue weighted by molar-refractivity contribution is 8.00. The van der Waals surface area contributed by atoms with Gasteiger partial charge in [0.15, 0.2) is 46.4 Å². The number of aliphatic hydroxyl groups is 1. The summed E-state index contributed by atoms with van der Waals surface area (Å²) in [6.45, 7) is 49.6. The molecule has 4 aromatic heterocycles. The Morgan fingerprint density at radius 3 is 1.22 bits per heavy atom. The van der Waals surface area contributed by atoms with Crippen molar-refractivity contribution in [3.05, 3.63) is 180 Å². The van der Waals surface area contributed by atoms with Crippen molar-refractivity contribution in [3.63, 3.8) is 0 Å². The molecule has 24 nitrogen and oxygen atoms in total. The molecule has 29 heteroatoms. The number of hydrogen-bond donors (Lipinski definition) is 1. The summed E-state index contributed by atoms with van der Waals surface area (Å²) in [6.07, 6.45) is 6.54. The zero-order valence-electron chi connectivity index (χ0n) is 68.2. The topological polar surface area (TPSA) is 254 Å². The van der Waals surface area contributed by atoms with E-state index in [1.165, 1.54) is 25.5 Å². The molecule has 4 aromatic carbocycles. The number of ether oxygens (including phenoxy) is 3. The zero-order valence-corrected chi connectivity index (χ0v) is 72.8. The molecule has 0 aliphatic carbocycles. The van der Waals surface area contributed by atoms with E-state index in [9.17, 15) is 24.3 Å². The quantitative estimate of drug-likeness (QED) is 0.0103. The van der Waals surface area contributed by atoms with Crippen molar-refractivity contribution in [2.45, 2.75) is 243 Å². The van der Waals surface area contributed by atoms with Gasteiger partial charge < -0.3 is 42.1 Å². The molecule has 8 aromatic rings. The Labute approximate surface area is 673 Å². The van der Waals surface area contributed by atoms with Crippen molar-refractivity contribution in [3.8, 4) is 0 Å². The largest absolute Gasteiger partial charge is 0.407 e. The maximum atomic E-state index is 14.3. The molecular weight excluding hydrogens is 1510 g/mol. The Hall–Kier alpha value is -7.05. The second-order valence-electron chi connectivity index (χ2n) is 30.7. The normalized spacial score (nSPS) is 19.7. The van der Waals surface area contributed by atoms with E-state index in [-0.39, 0.29) is 64.5 Å². The number of benzene rings is 4. The molecule has 112 heavy (non-hydrogen) atoms. The predicted octanol–water partition coefficient (Wildman–Crippen LogP) is 18.6. The summed E-state index contributed by atoms with van der Waals surface area (Å²) in [5.74, 6) is -1.17. The lowest BCUT2D eigenvalue weighted by atomic mass is 10.1. The molecule has 0 saturated carbocycles. The van der Waals surface area contributed by atoms with E-state index in [0.717, 1.165) is 23.0 Å². The molecule has 604 valence electrons. The van der Waals surface area contributed by atoms with Crippen LogP contribution in [-0.4, -0.2) is 174 Å². The lowest BCUT2D eigenvalue weighted by Gasteiger charge is -2.42. The van der Waals surface area contributed by atoms with Gasteiger partial charge in [-0.2, -0.15) is 0 Å². The standard InChI is InChI=1S/C44H62N7O6PSSi.C35H45N5O5SSi.C4H8O/c1-13-36-38(57-58(54-25-24-45-12)51(29(2)3)30(4)5)39(59-28-55-60(31(6)7,32(8)9)33(10)11)44(56-36)49-27-48-37-40(49)46-26-47-41(37)50(42(52)34-20-16-14-17-21-34)43(53)35-22-18-15-19-23-35;1-8-27-29(41)30(46-21-44-47(22(2)3,23(4)5)24(6)7)35(45-27)39-20-38-28-31(39)36-19-37-32(28)40(33(42)25-15-11-9-12-16-25)34(43)26-17-13-10-14-18-26;1-2-4-5-3-1/h14-23,26-27,29-33,36,38-39,44H,13,24-25,28H2,1-11H3;9-20,22-24,27,29-30,35,41H,8,21H2,1-7H3;1-4H2/t36-,38+,39?,44-,58?;27-,29+,30?,35-;/m11./s1. The first kappa shape index (κ1) is 88.9. The maximum Gasteiger partial charge on any atom is 0.266 e. The number of carbonyl (C=O) groups excluding carboxylic acids is 4. The summed E-state index contributed by atoms with van der Waals surface area (Å²) in [4.78, 5) is 89.7. The van der Waals surface area contributed by atoms with E-state index in [1.807, 2.05) is 23.6 Å². The molecule has 3 aliphatic rings. The number of anilines is 2. The summed E-state index contributed by atoms with van der Waals surface area (Å²) < 4.78 is 51.8.